The molecule has 2 atom stereocenters. The topological polar surface area (TPSA) is 67.6 Å². The van der Waals surface area contributed by atoms with E-state index in [-0.39, 0.29) is 11.9 Å². The first kappa shape index (κ1) is 12.7. The molecule has 2 unspecified atom stereocenters. The Morgan fingerprint density at radius 1 is 1.56 bits per heavy atom. The quantitative estimate of drug-likeness (QED) is 0.844. The Morgan fingerprint density at radius 3 is 2.89 bits per heavy atom. The van der Waals surface area contributed by atoms with Crippen LogP contribution in [0.15, 0.2) is 18.2 Å². The molecule has 0 spiro atoms. The van der Waals surface area contributed by atoms with Gasteiger partial charge in [-0.3, -0.25) is 4.79 Å². The monoisotopic (exact) mass is 249 g/mol. The van der Waals surface area contributed by atoms with E-state index >= 15 is 0 Å². The lowest BCUT2D eigenvalue weighted by Gasteiger charge is -2.36. The van der Waals surface area contributed by atoms with E-state index in [1.165, 1.54) is 0 Å². The summed E-state index contributed by atoms with van der Waals surface area (Å²) < 4.78 is 5.61. The Labute approximate surface area is 107 Å². The van der Waals surface area contributed by atoms with Gasteiger partial charge in [0.2, 0.25) is 0 Å². The lowest BCUT2D eigenvalue weighted by Crippen LogP contribution is -2.51. The number of hydrogen-bond acceptors (Lipinski definition) is 4. The number of nitrogens with two attached hydrogens (primary N) is 1. The first-order chi connectivity index (χ1) is 8.58. The van der Waals surface area contributed by atoms with Crippen molar-refractivity contribution < 1.29 is 9.53 Å². The van der Waals surface area contributed by atoms with Crippen molar-refractivity contribution in [3.05, 3.63) is 18.2 Å². The second-order valence-corrected chi connectivity index (χ2v) is 4.49. The fourth-order valence-electron chi connectivity index (χ4n) is 2.08. The molecule has 1 aromatic rings. The minimum Gasteiger partial charge on any atom is -0.479 e. The minimum atomic E-state index is -0.466. The molecule has 0 fully saturated rings. The Hall–Kier alpha value is -1.75. The van der Waals surface area contributed by atoms with Crippen LogP contribution in [0.3, 0.4) is 0 Å². The SMILES string of the molecule is CNc1ccc2c(c1)N(C(C)CN)C(=O)C(C)O2. The Morgan fingerprint density at radius 2 is 2.28 bits per heavy atom. The highest BCUT2D eigenvalue weighted by Crippen LogP contribution is 2.37. The van der Waals surface area contributed by atoms with E-state index in [0.29, 0.717) is 6.54 Å². The van der Waals surface area contributed by atoms with Crippen LogP contribution in [0.4, 0.5) is 11.4 Å². The summed E-state index contributed by atoms with van der Waals surface area (Å²) in [5, 5.41) is 3.06. The van der Waals surface area contributed by atoms with Crippen LogP contribution in [0.5, 0.6) is 5.75 Å². The number of fused-ring (bicyclic) bond motifs is 1. The molecule has 1 aliphatic heterocycles. The fraction of sp³-hybridized carbons (Fsp3) is 0.462. The zero-order valence-electron chi connectivity index (χ0n) is 10.9. The summed E-state index contributed by atoms with van der Waals surface area (Å²) >= 11 is 0. The van der Waals surface area contributed by atoms with E-state index in [1.54, 1.807) is 11.8 Å². The summed E-state index contributed by atoms with van der Waals surface area (Å²) in [5.74, 6) is 0.676. The number of anilines is 2. The van der Waals surface area contributed by atoms with Gasteiger partial charge in [0.1, 0.15) is 5.75 Å². The number of rotatable bonds is 3. The molecule has 2 rings (SSSR count). The van der Waals surface area contributed by atoms with Gasteiger partial charge in [0.25, 0.3) is 5.91 Å². The molecule has 0 aromatic heterocycles. The third-order valence-corrected chi connectivity index (χ3v) is 3.18. The molecule has 18 heavy (non-hydrogen) atoms. The molecule has 5 nitrogen and oxygen atoms in total. The van der Waals surface area contributed by atoms with Crippen molar-refractivity contribution in [1.82, 2.24) is 0 Å². The van der Waals surface area contributed by atoms with Gasteiger partial charge in [-0.25, -0.2) is 0 Å². The number of ether oxygens (including phenoxy) is 1. The lowest BCUT2D eigenvalue weighted by molar-refractivity contribution is -0.126. The van der Waals surface area contributed by atoms with Gasteiger partial charge in [-0.2, -0.15) is 0 Å². The van der Waals surface area contributed by atoms with Crippen molar-refractivity contribution in [3.63, 3.8) is 0 Å². The van der Waals surface area contributed by atoms with Gasteiger partial charge < -0.3 is 20.7 Å². The molecule has 1 amide bonds. The molecule has 0 saturated carbocycles. The first-order valence-corrected chi connectivity index (χ1v) is 6.10. The molecule has 5 heteroatoms. The van der Waals surface area contributed by atoms with Gasteiger partial charge >= 0.3 is 0 Å². The Bertz CT molecular complexity index is 462. The Kier molecular flexibility index (Phi) is 3.43. The number of carbonyl (C=O) groups is 1. The summed E-state index contributed by atoms with van der Waals surface area (Å²) in [6.45, 7) is 4.11. The van der Waals surface area contributed by atoms with Crippen molar-refractivity contribution in [3.8, 4) is 5.75 Å². The maximum atomic E-state index is 12.2. The third-order valence-electron chi connectivity index (χ3n) is 3.18. The van der Waals surface area contributed by atoms with Crippen molar-refractivity contribution in [2.75, 3.05) is 23.8 Å². The standard InChI is InChI=1S/C13H19N3O2/c1-8(7-14)16-11-6-10(15-3)4-5-12(11)18-9(2)13(16)17/h4-6,8-9,15H,7,14H2,1-3H3. The van der Waals surface area contributed by atoms with E-state index in [1.807, 2.05) is 32.2 Å². The largest absolute Gasteiger partial charge is 0.479 e. The van der Waals surface area contributed by atoms with E-state index in [0.717, 1.165) is 17.1 Å². The van der Waals surface area contributed by atoms with E-state index in [9.17, 15) is 4.79 Å². The number of hydrogen-bond donors (Lipinski definition) is 2. The molecule has 3 N–H and O–H groups in total. The van der Waals surface area contributed by atoms with Gasteiger partial charge in [0.05, 0.1) is 5.69 Å². The van der Waals surface area contributed by atoms with Crippen LogP contribution in [0.1, 0.15) is 13.8 Å². The van der Waals surface area contributed by atoms with Gasteiger partial charge in [-0.05, 0) is 32.0 Å². The van der Waals surface area contributed by atoms with E-state index in [4.69, 9.17) is 10.5 Å². The number of benzene rings is 1. The molecular weight excluding hydrogens is 230 g/mol. The number of nitrogens with one attached hydrogen (secondary N) is 1. The Balaban J connectivity index is 2.49. The summed E-state index contributed by atoms with van der Waals surface area (Å²) in [5.41, 5.74) is 7.41. The smallest absolute Gasteiger partial charge is 0.268 e. The zero-order chi connectivity index (χ0) is 13.3. The van der Waals surface area contributed by atoms with Crippen molar-refractivity contribution in [1.29, 1.82) is 0 Å². The molecule has 0 bridgehead atoms. The molecule has 0 radical (unpaired) electrons. The highest BCUT2D eigenvalue weighted by Gasteiger charge is 2.34. The predicted octanol–water partition coefficient (Wildman–Crippen LogP) is 1.19. The second-order valence-electron chi connectivity index (χ2n) is 4.49. The lowest BCUT2D eigenvalue weighted by atomic mass is 10.1. The summed E-state index contributed by atoms with van der Waals surface area (Å²) in [6, 6.07) is 5.66. The minimum absolute atomic E-state index is 0.0466. The molecule has 1 aliphatic rings. The van der Waals surface area contributed by atoms with Crippen LogP contribution in [0.25, 0.3) is 0 Å². The molecular formula is C13H19N3O2. The predicted molar refractivity (Wildman–Crippen MR) is 72.1 cm³/mol. The maximum absolute atomic E-state index is 12.2. The fourth-order valence-corrected chi connectivity index (χ4v) is 2.08. The third kappa shape index (κ3) is 2.01. The molecule has 98 valence electrons. The maximum Gasteiger partial charge on any atom is 0.268 e. The van der Waals surface area contributed by atoms with E-state index in [2.05, 4.69) is 5.32 Å². The number of nitrogens with zero attached hydrogens (tertiary/aromatic N) is 1. The van der Waals surface area contributed by atoms with Crippen LogP contribution in [-0.4, -0.2) is 31.6 Å². The first-order valence-electron chi connectivity index (χ1n) is 6.10. The van der Waals surface area contributed by atoms with Crippen LogP contribution in [0.2, 0.25) is 0 Å². The average Bonchev–Trinajstić information content (AvgIpc) is 2.39. The van der Waals surface area contributed by atoms with Gasteiger partial charge in [0, 0.05) is 25.3 Å². The van der Waals surface area contributed by atoms with Crippen LogP contribution < -0.4 is 20.7 Å². The summed E-state index contributed by atoms with van der Waals surface area (Å²) in [4.78, 5) is 13.9. The second kappa shape index (κ2) is 4.86. The van der Waals surface area contributed by atoms with Crippen molar-refractivity contribution in [2.24, 2.45) is 5.73 Å². The zero-order valence-corrected chi connectivity index (χ0v) is 10.9. The highest BCUT2D eigenvalue weighted by molar-refractivity contribution is 6.00. The number of amides is 1. The normalized spacial score (nSPS) is 20.1. The van der Waals surface area contributed by atoms with Gasteiger partial charge in [0.15, 0.2) is 6.10 Å². The molecule has 1 heterocycles. The van der Waals surface area contributed by atoms with Gasteiger partial charge in [-0.15, -0.1) is 0 Å². The van der Waals surface area contributed by atoms with Gasteiger partial charge in [-0.1, -0.05) is 0 Å². The van der Waals surface area contributed by atoms with Crippen LogP contribution in [-0.2, 0) is 4.79 Å². The molecule has 0 aliphatic carbocycles. The molecule has 1 aromatic carbocycles. The van der Waals surface area contributed by atoms with Crippen LogP contribution >= 0.6 is 0 Å². The summed E-state index contributed by atoms with van der Waals surface area (Å²) in [6.07, 6.45) is -0.466. The van der Waals surface area contributed by atoms with Crippen molar-refractivity contribution in [2.45, 2.75) is 26.0 Å². The van der Waals surface area contributed by atoms with E-state index < -0.39 is 6.10 Å². The number of carbonyl (C=O) groups excluding carboxylic acids is 1. The summed E-state index contributed by atoms with van der Waals surface area (Å²) in [7, 11) is 1.84. The molecule has 0 saturated heterocycles. The van der Waals surface area contributed by atoms with Crippen LogP contribution in [0, 0.1) is 0 Å². The van der Waals surface area contributed by atoms with Crippen molar-refractivity contribution >= 4 is 17.3 Å². The average molecular weight is 249 g/mol. The highest BCUT2D eigenvalue weighted by atomic mass is 16.5.